The van der Waals surface area contributed by atoms with Gasteiger partial charge in [-0.3, -0.25) is 4.79 Å². The maximum atomic E-state index is 9.37. The third kappa shape index (κ3) is 10.5. The first-order chi connectivity index (χ1) is 17.5. The molecule has 0 atom stereocenters. The second-order valence-electron chi connectivity index (χ2n) is 9.35. The van der Waals surface area contributed by atoms with E-state index in [0.29, 0.717) is 0 Å². The van der Waals surface area contributed by atoms with Gasteiger partial charge in [-0.25, -0.2) is 0 Å². The van der Waals surface area contributed by atoms with Gasteiger partial charge >= 0.3 is 12.1 Å². The van der Waals surface area contributed by atoms with Crippen LogP contribution in [0.3, 0.4) is 0 Å². The number of aliphatic carboxylic acids is 1. The lowest BCUT2D eigenvalue weighted by Crippen LogP contribution is -2.16. The molecule has 2 aromatic rings. The van der Waals surface area contributed by atoms with E-state index in [2.05, 4.69) is 41.0 Å². The molecule has 0 spiro atoms. The SMILES string of the molecule is CCC(=O)O.Clc1ccc2c(c1NCc1ccc(CCC3CCCCC3)cc1)CCNCC2.O=C=O. The number of benzene rings is 2. The topological polar surface area (TPSA) is 95.5 Å². The molecule has 3 N–H and O–H groups in total. The molecule has 0 bridgehead atoms. The van der Waals surface area contributed by atoms with Crippen LogP contribution in [0.1, 0.15) is 74.1 Å². The summed E-state index contributed by atoms with van der Waals surface area (Å²) in [7, 11) is 0. The molecule has 7 heteroatoms. The summed E-state index contributed by atoms with van der Waals surface area (Å²) in [4.78, 5) is 25.6. The zero-order valence-electron chi connectivity index (χ0n) is 21.3. The lowest BCUT2D eigenvalue weighted by molar-refractivity contribution is -0.191. The molecule has 0 saturated heterocycles. The molecule has 0 aromatic heterocycles. The van der Waals surface area contributed by atoms with Crippen molar-refractivity contribution in [2.45, 2.75) is 77.7 Å². The van der Waals surface area contributed by atoms with Gasteiger partial charge in [0.25, 0.3) is 0 Å². The second kappa shape index (κ2) is 16.9. The number of rotatable bonds is 7. The van der Waals surface area contributed by atoms with Crippen molar-refractivity contribution < 1.29 is 19.5 Å². The summed E-state index contributed by atoms with van der Waals surface area (Å²) in [5.41, 5.74) is 6.75. The van der Waals surface area contributed by atoms with Gasteiger partial charge in [-0.05, 0) is 73.0 Å². The average Bonchev–Trinajstić information content (AvgIpc) is 3.15. The number of aryl methyl sites for hydroxylation is 1. The molecular formula is C29H39ClN2O4. The molecular weight excluding hydrogens is 476 g/mol. The molecule has 196 valence electrons. The lowest BCUT2D eigenvalue weighted by atomic mass is 9.85. The van der Waals surface area contributed by atoms with Gasteiger partial charge in [0.05, 0.1) is 10.7 Å². The molecule has 1 fully saturated rings. The van der Waals surface area contributed by atoms with Crippen molar-refractivity contribution >= 4 is 29.4 Å². The molecule has 1 aliphatic heterocycles. The minimum atomic E-state index is -0.745. The van der Waals surface area contributed by atoms with E-state index >= 15 is 0 Å². The van der Waals surface area contributed by atoms with E-state index < -0.39 is 5.97 Å². The first kappa shape index (κ1) is 29.6. The number of carboxylic acids is 1. The fourth-order valence-electron chi connectivity index (χ4n) is 4.80. The number of hydrogen-bond acceptors (Lipinski definition) is 5. The molecule has 1 heterocycles. The number of halogens is 1. The molecule has 1 saturated carbocycles. The highest BCUT2D eigenvalue weighted by atomic mass is 35.5. The van der Waals surface area contributed by atoms with Crippen molar-refractivity contribution in [3.63, 3.8) is 0 Å². The third-order valence-corrected chi connectivity index (χ3v) is 7.16. The van der Waals surface area contributed by atoms with Crippen LogP contribution in [0.15, 0.2) is 36.4 Å². The Bertz CT molecular complexity index is 966. The van der Waals surface area contributed by atoms with Crippen molar-refractivity contribution in [2.24, 2.45) is 5.92 Å². The minimum Gasteiger partial charge on any atom is -0.481 e. The Morgan fingerprint density at radius 3 is 2.28 bits per heavy atom. The van der Waals surface area contributed by atoms with Crippen molar-refractivity contribution in [1.82, 2.24) is 5.32 Å². The van der Waals surface area contributed by atoms with Crippen molar-refractivity contribution in [3.05, 3.63) is 63.7 Å². The molecule has 2 aromatic carbocycles. The highest BCUT2D eigenvalue weighted by molar-refractivity contribution is 6.33. The van der Waals surface area contributed by atoms with Crippen LogP contribution in [0.25, 0.3) is 0 Å². The maximum absolute atomic E-state index is 9.37. The Hall–Kier alpha value is -2.66. The monoisotopic (exact) mass is 514 g/mol. The van der Waals surface area contributed by atoms with Gasteiger partial charge in [0.1, 0.15) is 0 Å². The number of nitrogens with one attached hydrogen (secondary N) is 2. The Morgan fingerprint density at radius 1 is 1.03 bits per heavy atom. The molecule has 6 nitrogen and oxygen atoms in total. The van der Waals surface area contributed by atoms with Gasteiger partial charge in [-0.1, -0.05) is 81.0 Å². The fourth-order valence-corrected chi connectivity index (χ4v) is 5.04. The van der Waals surface area contributed by atoms with Crippen molar-refractivity contribution in [2.75, 3.05) is 18.4 Å². The van der Waals surface area contributed by atoms with Gasteiger partial charge in [0.2, 0.25) is 0 Å². The Kier molecular flexibility index (Phi) is 13.9. The Labute approximate surface area is 219 Å². The van der Waals surface area contributed by atoms with Crippen LogP contribution in [0.2, 0.25) is 5.02 Å². The molecule has 4 rings (SSSR count). The number of carboxylic acid groups (broad SMARTS) is 1. The fraction of sp³-hybridized carbons (Fsp3) is 0.517. The van der Waals surface area contributed by atoms with E-state index in [4.69, 9.17) is 26.3 Å². The van der Waals surface area contributed by atoms with E-state index in [1.165, 1.54) is 67.2 Å². The second-order valence-corrected chi connectivity index (χ2v) is 9.76. The zero-order valence-corrected chi connectivity index (χ0v) is 22.0. The summed E-state index contributed by atoms with van der Waals surface area (Å²) in [6.45, 7) is 4.50. The first-order valence-electron chi connectivity index (χ1n) is 13.0. The largest absolute Gasteiger partial charge is 0.481 e. The molecule has 2 aliphatic rings. The summed E-state index contributed by atoms with van der Waals surface area (Å²) in [6, 6.07) is 13.4. The van der Waals surface area contributed by atoms with Crippen LogP contribution in [0.5, 0.6) is 0 Å². The number of fused-ring (bicyclic) bond motifs is 1. The van der Waals surface area contributed by atoms with Crippen LogP contribution >= 0.6 is 11.6 Å². The van der Waals surface area contributed by atoms with Gasteiger partial charge < -0.3 is 15.7 Å². The summed E-state index contributed by atoms with van der Waals surface area (Å²) < 4.78 is 0. The van der Waals surface area contributed by atoms with Gasteiger partial charge in [-0.2, -0.15) is 9.59 Å². The predicted octanol–water partition coefficient (Wildman–Crippen LogP) is 6.05. The number of carbonyl (C=O) groups is 1. The van der Waals surface area contributed by atoms with E-state index in [9.17, 15) is 4.79 Å². The zero-order chi connectivity index (χ0) is 26.2. The van der Waals surface area contributed by atoms with Crippen molar-refractivity contribution in [1.29, 1.82) is 0 Å². The van der Waals surface area contributed by atoms with Gasteiger partial charge in [0, 0.05) is 13.0 Å². The maximum Gasteiger partial charge on any atom is 0.373 e. The molecule has 0 unspecified atom stereocenters. The smallest absolute Gasteiger partial charge is 0.373 e. The van der Waals surface area contributed by atoms with Crippen LogP contribution in [-0.2, 0) is 40.2 Å². The average molecular weight is 515 g/mol. The first-order valence-corrected chi connectivity index (χ1v) is 13.4. The highest BCUT2D eigenvalue weighted by Gasteiger charge is 2.15. The molecule has 0 amide bonds. The van der Waals surface area contributed by atoms with Gasteiger partial charge in [0.15, 0.2) is 0 Å². The molecule has 1 aliphatic carbocycles. The standard InChI is InChI=1S/C25H33ClN2.C3H6O2.CO2/c26-24-13-12-22-14-16-27-17-15-23(22)25(24)28-18-21-10-8-20(9-11-21)7-6-19-4-2-1-3-5-19;1-2-3(4)5;2-1-3/h8-13,19,27-28H,1-7,14-18H2;2H2,1H3,(H,4,5);. The van der Waals surface area contributed by atoms with Crippen LogP contribution in [-0.4, -0.2) is 30.3 Å². The quantitative estimate of drug-likeness (QED) is 0.416. The summed E-state index contributed by atoms with van der Waals surface area (Å²) in [5.74, 6) is 0.213. The summed E-state index contributed by atoms with van der Waals surface area (Å²) in [5, 5.41) is 15.7. The van der Waals surface area contributed by atoms with Crippen LogP contribution in [0.4, 0.5) is 5.69 Å². The van der Waals surface area contributed by atoms with E-state index in [1.807, 2.05) is 6.07 Å². The molecule has 36 heavy (non-hydrogen) atoms. The highest BCUT2D eigenvalue weighted by Crippen LogP contribution is 2.31. The Morgan fingerprint density at radius 2 is 1.64 bits per heavy atom. The van der Waals surface area contributed by atoms with Crippen molar-refractivity contribution in [3.8, 4) is 0 Å². The van der Waals surface area contributed by atoms with E-state index in [0.717, 1.165) is 49.1 Å². The van der Waals surface area contributed by atoms with E-state index in [1.54, 1.807) is 6.92 Å². The normalized spacial score (nSPS) is 15.1. The Balaban J connectivity index is 0.000000501. The summed E-state index contributed by atoms with van der Waals surface area (Å²) >= 11 is 6.54. The third-order valence-electron chi connectivity index (χ3n) is 6.84. The van der Waals surface area contributed by atoms with Gasteiger partial charge in [-0.15, -0.1) is 0 Å². The van der Waals surface area contributed by atoms with Crippen LogP contribution < -0.4 is 10.6 Å². The summed E-state index contributed by atoms with van der Waals surface area (Å²) in [6.07, 6.45) is 12.4. The minimum absolute atomic E-state index is 0.222. The lowest BCUT2D eigenvalue weighted by Gasteiger charge is -2.21. The number of carbonyl (C=O) groups excluding carboxylic acids is 2. The number of anilines is 1. The van der Waals surface area contributed by atoms with E-state index in [-0.39, 0.29) is 12.6 Å². The number of hydrogen-bond donors (Lipinski definition) is 3. The molecule has 0 radical (unpaired) electrons. The predicted molar refractivity (Wildman–Crippen MR) is 143 cm³/mol. The van der Waals surface area contributed by atoms with Crippen LogP contribution in [0, 0.1) is 5.92 Å².